The normalized spacial score (nSPS) is 23.4. The van der Waals surface area contributed by atoms with Crippen molar-refractivity contribution in [2.45, 2.75) is 19.9 Å². The van der Waals surface area contributed by atoms with Crippen LogP contribution in [0.25, 0.3) is 0 Å². The van der Waals surface area contributed by atoms with Crippen LogP contribution in [0.2, 0.25) is 0 Å². The van der Waals surface area contributed by atoms with Gasteiger partial charge in [0.2, 0.25) is 5.91 Å². The maximum Gasteiger partial charge on any atom is 0.307 e. The number of hydroxylamine groups is 1. The molecule has 7 nitrogen and oxygen atoms in total. The third kappa shape index (κ3) is 2.69. The summed E-state index contributed by atoms with van der Waals surface area (Å²) < 4.78 is 0. The number of carbonyl (C=O) groups excluding carboxylic acids is 2. The van der Waals surface area contributed by atoms with Crippen LogP contribution in [0.3, 0.4) is 0 Å². The van der Waals surface area contributed by atoms with Crippen molar-refractivity contribution in [2.75, 3.05) is 6.61 Å². The Morgan fingerprint density at radius 1 is 1.50 bits per heavy atom. The Balaban J connectivity index is 2.51. The fraction of sp³-hybridized carbons (Fsp3) is 0.667. The molecule has 0 aromatic heterocycles. The summed E-state index contributed by atoms with van der Waals surface area (Å²) in [5.41, 5.74) is 2.10. The van der Waals surface area contributed by atoms with Crippen molar-refractivity contribution in [3.63, 3.8) is 0 Å². The standard InChI is InChI=1S/C9H14N2O5/c1-4(5(2)9(14)15)7(12)10-6-3-16-11-8(6)13/h4-6H,3H2,1-2H3,(H,10,12)(H,11,13)(H,14,15)/t4?,5?,6-/m1/s1. The van der Waals surface area contributed by atoms with Gasteiger partial charge in [-0.05, 0) is 0 Å². The maximum absolute atomic E-state index is 11.6. The van der Waals surface area contributed by atoms with Gasteiger partial charge >= 0.3 is 5.97 Å². The van der Waals surface area contributed by atoms with Gasteiger partial charge in [0.15, 0.2) is 0 Å². The number of nitrogens with one attached hydrogen (secondary N) is 2. The highest BCUT2D eigenvalue weighted by atomic mass is 16.7. The quantitative estimate of drug-likeness (QED) is 0.568. The Bertz CT molecular complexity index is 317. The predicted octanol–water partition coefficient (Wildman–Crippen LogP) is -1.11. The fourth-order valence-electron chi connectivity index (χ4n) is 1.19. The molecule has 1 aliphatic heterocycles. The Labute approximate surface area is 92.1 Å². The highest BCUT2D eigenvalue weighted by Crippen LogP contribution is 2.11. The average molecular weight is 230 g/mol. The molecule has 0 spiro atoms. The lowest BCUT2D eigenvalue weighted by Crippen LogP contribution is -2.45. The summed E-state index contributed by atoms with van der Waals surface area (Å²) in [6.45, 7) is 3.00. The molecule has 7 heteroatoms. The van der Waals surface area contributed by atoms with Crippen molar-refractivity contribution in [1.29, 1.82) is 0 Å². The lowest BCUT2D eigenvalue weighted by atomic mass is 9.95. The van der Waals surface area contributed by atoms with Gasteiger partial charge in [-0.3, -0.25) is 19.2 Å². The summed E-state index contributed by atoms with van der Waals surface area (Å²) in [6.07, 6.45) is 0. The number of carbonyl (C=O) groups is 3. The van der Waals surface area contributed by atoms with E-state index in [1.54, 1.807) is 0 Å². The molecule has 2 amide bonds. The largest absolute Gasteiger partial charge is 0.481 e. The molecular weight excluding hydrogens is 216 g/mol. The van der Waals surface area contributed by atoms with Gasteiger partial charge in [-0.2, -0.15) is 0 Å². The van der Waals surface area contributed by atoms with E-state index in [-0.39, 0.29) is 6.61 Å². The van der Waals surface area contributed by atoms with Crippen molar-refractivity contribution in [1.82, 2.24) is 10.8 Å². The zero-order valence-corrected chi connectivity index (χ0v) is 9.02. The zero-order valence-electron chi connectivity index (χ0n) is 9.02. The van der Waals surface area contributed by atoms with Gasteiger partial charge in [-0.25, -0.2) is 5.48 Å². The second kappa shape index (κ2) is 4.93. The third-order valence-corrected chi connectivity index (χ3v) is 2.61. The summed E-state index contributed by atoms with van der Waals surface area (Å²) in [5.74, 6) is -3.45. The molecule has 0 saturated carbocycles. The molecule has 0 aromatic rings. The van der Waals surface area contributed by atoms with Gasteiger partial charge in [0, 0.05) is 5.92 Å². The first-order chi connectivity index (χ1) is 7.43. The van der Waals surface area contributed by atoms with E-state index in [4.69, 9.17) is 5.11 Å². The minimum absolute atomic E-state index is 0.0543. The van der Waals surface area contributed by atoms with E-state index in [0.717, 1.165) is 0 Å². The van der Waals surface area contributed by atoms with Crippen molar-refractivity contribution < 1.29 is 24.3 Å². The molecular formula is C9H14N2O5. The number of carboxylic acid groups (broad SMARTS) is 1. The summed E-state index contributed by atoms with van der Waals surface area (Å²) in [4.78, 5) is 37.9. The Kier molecular flexibility index (Phi) is 3.83. The van der Waals surface area contributed by atoms with Gasteiger partial charge in [-0.15, -0.1) is 0 Å². The molecule has 16 heavy (non-hydrogen) atoms. The molecule has 3 N–H and O–H groups in total. The monoisotopic (exact) mass is 230 g/mol. The number of hydrogen-bond donors (Lipinski definition) is 3. The highest BCUT2D eigenvalue weighted by molar-refractivity contribution is 5.90. The van der Waals surface area contributed by atoms with Gasteiger partial charge in [-0.1, -0.05) is 13.8 Å². The van der Waals surface area contributed by atoms with Crippen LogP contribution in [0.4, 0.5) is 0 Å². The lowest BCUT2D eigenvalue weighted by molar-refractivity contribution is -0.146. The van der Waals surface area contributed by atoms with Crippen LogP contribution >= 0.6 is 0 Å². The van der Waals surface area contributed by atoms with Crippen LogP contribution in [0.5, 0.6) is 0 Å². The van der Waals surface area contributed by atoms with Gasteiger partial charge in [0.25, 0.3) is 5.91 Å². The molecule has 3 atom stereocenters. The molecule has 0 bridgehead atoms. The topological polar surface area (TPSA) is 105 Å². The van der Waals surface area contributed by atoms with Gasteiger partial charge < -0.3 is 10.4 Å². The average Bonchev–Trinajstić information content (AvgIpc) is 2.62. The van der Waals surface area contributed by atoms with E-state index < -0.39 is 35.7 Å². The van der Waals surface area contributed by atoms with E-state index in [1.807, 2.05) is 0 Å². The van der Waals surface area contributed by atoms with Gasteiger partial charge in [0.1, 0.15) is 12.6 Å². The number of amides is 2. The van der Waals surface area contributed by atoms with Crippen LogP contribution in [0, 0.1) is 11.8 Å². The first kappa shape index (κ1) is 12.4. The number of aliphatic carboxylic acids is 1. The van der Waals surface area contributed by atoms with Crippen molar-refractivity contribution in [2.24, 2.45) is 11.8 Å². The molecule has 1 rings (SSSR count). The first-order valence-corrected chi connectivity index (χ1v) is 4.88. The molecule has 90 valence electrons. The molecule has 0 aliphatic carbocycles. The van der Waals surface area contributed by atoms with Crippen LogP contribution in [-0.4, -0.2) is 35.5 Å². The number of hydrogen-bond acceptors (Lipinski definition) is 4. The van der Waals surface area contributed by atoms with Crippen molar-refractivity contribution in [3.8, 4) is 0 Å². The van der Waals surface area contributed by atoms with E-state index in [9.17, 15) is 14.4 Å². The van der Waals surface area contributed by atoms with Gasteiger partial charge in [0.05, 0.1) is 5.92 Å². The summed E-state index contributed by atoms with van der Waals surface area (Å²) in [5, 5.41) is 11.2. The minimum Gasteiger partial charge on any atom is -0.481 e. The number of rotatable bonds is 4. The molecule has 2 unspecified atom stereocenters. The lowest BCUT2D eigenvalue weighted by Gasteiger charge is -2.17. The highest BCUT2D eigenvalue weighted by Gasteiger charge is 2.31. The Hall–Kier alpha value is -1.63. The summed E-state index contributed by atoms with van der Waals surface area (Å²) in [7, 11) is 0. The SMILES string of the molecule is CC(C(=O)O)C(C)C(=O)N[C@@H]1CONC1=O. The number of carboxylic acids is 1. The summed E-state index contributed by atoms with van der Waals surface area (Å²) >= 11 is 0. The molecule has 1 fully saturated rings. The smallest absolute Gasteiger partial charge is 0.307 e. The molecule has 1 heterocycles. The molecule has 1 aliphatic rings. The van der Waals surface area contributed by atoms with E-state index in [1.165, 1.54) is 13.8 Å². The minimum atomic E-state index is -1.05. The zero-order chi connectivity index (χ0) is 12.3. The fourth-order valence-corrected chi connectivity index (χ4v) is 1.19. The van der Waals surface area contributed by atoms with E-state index >= 15 is 0 Å². The molecule has 1 saturated heterocycles. The molecule has 0 radical (unpaired) electrons. The van der Waals surface area contributed by atoms with Crippen molar-refractivity contribution >= 4 is 17.8 Å². The Morgan fingerprint density at radius 2 is 2.12 bits per heavy atom. The molecule has 0 aromatic carbocycles. The second-order valence-electron chi connectivity index (χ2n) is 3.75. The predicted molar refractivity (Wildman–Crippen MR) is 52.0 cm³/mol. The second-order valence-corrected chi connectivity index (χ2v) is 3.75. The van der Waals surface area contributed by atoms with E-state index in [2.05, 4.69) is 15.6 Å². The van der Waals surface area contributed by atoms with Crippen LogP contribution in [0.1, 0.15) is 13.8 Å². The van der Waals surface area contributed by atoms with E-state index in [0.29, 0.717) is 0 Å². The Morgan fingerprint density at radius 3 is 2.56 bits per heavy atom. The van der Waals surface area contributed by atoms with Crippen LogP contribution < -0.4 is 10.8 Å². The van der Waals surface area contributed by atoms with Crippen LogP contribution in [-0.2, 0) is 19.2 Å². The maximum atomic E-state index is 11.6. The van der Waals surface area contributed by atoms with Crippen molar-refractivity contribution in [3.05, 3.63) is 0 Å². The third-order valence-electron chi connectivity index (χ3n) is 2.61. The summed E-state index contributed by atoms with van der Waals surface area (Å²) in [6, 6.07) is -0.740. The first-order valence-electron chi connectivity index (χ1n) is 4.88. The van der Waals surface area contributed by atoms with Crippen LogP contribution in [0.15, 0.2) is 0 Å².